The number of phenols is 1. The summed E-state index contributed by atoms with van der Waals surface area (Å²) >= 11 is 15.4. The largest absolute Gasteiger partial charge is 0.506 e. The van der Waals surface area contributed by atoms with Gasteiger partial charge in [-0.15, -0.1) is 0 Å². The van der Waals surface area contributed by atoms with Crippen LogP contribution in [0.1, 0.15) is 5.56 Å². The van der Waals surface area contributed by atoms with Gasteiger partial charge in [-0.2, -0.15) is 5.10 Å². The Morgan fingerprint density at radius 3 is 2.70 bits per heavy atom. The lowest BCUT2D eigenvalue weighted by molar-refractivity contribution is -0.385. The molecule has 0 aliphatic rings. The van der Waals surface area contributed by atoms with Gasteiger partial charge < -0.3 is 9.84 Å². The van der Waals surface area contributed by atoms with Crippen molar-refractivity contribution in [1.29, 1.82) is 0 Å². The molecule has 0 saturated heterocycles. The predicted octanol–water partition coefficient (Wildman–Crippen LogP) is 4.77. The summed E-state index contributed by atoms with van der Waals surface area (Å²) < 4.78 is 6.61. The summed E-state index contributed by atoms with van der Waals surface area (Å²) in [6.07, 6.45) is 1.31. The number of nitro groups is 1. The molecule has 0 unspecified atom stereocenters. The van der Waals surface area contributed by atoms with E-state index in [1.54, 1.807) is 6.07 Å². The molecule has 0 aliphatic carbocycles. The molecule has 0 atom stereocenters. The number of ether oxygens (including phenoxy) is 1. The van der Waals surface area contributed by atoms with E-state index in [2.05, 4.69) is 58.3 Å². The highest BCUT2D eigenvalue weighted by molar-refractivity contribution is 9.11. The smallest absolute Gasteiger partial charge is 0.312 e. The molecule has 2 aromatic rings. The van der Waals surface area contributed by atoms with E-state index < -0.39 is 17.4 Å². The minimum Gasteiger partial charge on any atom is -0.506 e. The van der Waals surface area contributed by atoms with Crippen LogP contribution in [0.3, 0.4) is 0 Å². The average molecular weight is 586 g/mol. The molecule has 142 valence electrons. The highest BCUT2D eigenvalue weighted by Crippen LogP contribution is 2.38. The van der Waals surface area contributed by atoms with Crippen LogP contribution in [0.25, 0.3) is 0 Å². The lowest BCUT2D eigenvalue weighted by atomic mass is 10.2. The standard InChI is InChI=1S/C15H9Br3ClN3O5/c16-9-4-10(17)15(24)14(18)8(9)5-20-21-13(23)6-27-12-2-1-7(19)3-11(12)22(25)26/h1-5,24H,6H2,(H,21,23)/b20-5+. The van der Waals surface area contributed by atoms with E-state index in [1.807, 2.05) is 0 Å². The van der Waals surface area contributed by atoms with Crippen molar-refractivity contribution in [2.24, 2.45) is 5.10 Å². The van der Waals surface area contributed by atoms with Gasteiger partial charge >= 0.3 is 5.69 Å². The van der Waals surface area contributed by atoms with E-state index in [9.17, 15) is 20.0 Å². The molecule has 12 heteroatoms. The minimum atomic E-state index is -0.660. The Balaban J connectivity index is 2.01. The van der Waals surface area contributed by atoms with Crippen molar-refractivity contribution in [2.45, 2.75) is 0 Å². The number of rotatable bonds is 6. The van der Waals surface area contributed by atoms with E-state index in [4.69, 9.17) is 16.3 Å². The number of nitrogens with one attached hydrogen (secondary N) is 1. The number of amides is 1. The topological polar surface area (TPSA) is 114 Å². The summed E-state index contributed by atoms with van der Waals surface area (Å²) in [6.45, 7) is -0.492. The first kappa shape index (κ1) is 21.6. The van der Waals surface area contributed by atoms with Crippen molar-refractivity contribution in [1.82, 2.24) is 5.43 Å². The third kappa shape index (κ3) is 5.64. The first-order valence-corrected chi connectivity index (χ1v) is 9.71. The Labute approximate surface area is 183 Å². The second kappa shape index (κ2) is 9.49. The Morgan fingerprint density at radius 1 is 1.33 bits per heavy atom. The maximum atomic E-state index is 11.8. The number of carbonyl (C=O) groups is 1. The number of carbonyl (C=O) groups excluding carboxylic acids is 1. The summed E-state index contributed by atoms with van der Waals surface area (Å²) in [5.41, 5.74) is 2.37. The van der Waals surface area contributed by atoms with Crippen LogP contribution in [0.5, 0.6) is 11.5 Å². The SMILES string of the molecule is O=C(COc1ccc(Cl)cc1[N+](=O)[O-])N/N=C/c1c(Br)cc(Br)c(O)c1Br. The van der Waals surface area contributed by atoms with E-state index in [0.717, 1.165) is 6.07 Å². The third-order valence-electron chi connectivity index (χ3n) is 3.04. The first-order valence-electron chi connectivity index (χ1n) is 6.95. The van der Waals surface area contributed by atoms with Crippen LogP contribution in [0.2, 0.25) is 5.02 Å². The minimum absolute atomic E-state index is 0.0237. The van der Waals surface area contributed by atoms with Crippen LogP contribution in [0.4, 0.5) is 5.69 Å². The molecule has 27 heavy (non-hydrogen) atoms. The number of nitrogens with zero attached hydrogens (tertiary/aromatic N) is 2. The summed E-state index contributed by atoms with van der Waals surface area (Å²) in [4.78, 5) is 22.1. The van der Waals surface area contributed by atoms with Crippen LogP contribution < -0.4 is 10.2 Å². The Kier molecular flexibility index (Phi) is 7.59. The van der Waals surface area contributed by atoms with Crippen LogP contribution >= 0.6 is 59.4 Å². The van der Waals surface area contributed by atoms with E-state index in [-0.39, 0.29) is 22.2 Å². The van der Waals surface area contributed by atoms with E-state index in [0.29, 0.717) is 19.0 Å². The molecule has 0 aliphatic heterocycles. The molecular weight excluding hydrogens is 577 g/mol. The molecule has 2 N–H and O–H groups in total. The Hall–Kier alpha value is -1.69. The van der Waals surface area contributed by atoms with Crippen LogP contribution in [0, 0.1) is 10.1 Å². The number of nitro benzene ring substituents is 1. The van der Waals surface area contributed by atoms with Gasteiger partial charge in [0.05, 0.1) is 20.1 Å². The van der Waals surface area contributed by atoms with Crippen molar-refractivity contribution in [3.05, 3.63) is 58.4 Å². The zero-order chi connectivity index (χ0) is 20.1. The van der Waals surface area contributed by atoms with Gasteiger partial charge in [0.2, 0.25) is 0 Å². The summed E-state index contributed by atoms with van der Waals surface area (Å²) in [6, 6.07) is 5.46. The molecule has 2 rings (SSSR count). The van der Waals surface area contributed by atoms with Crippen LogP contribution in [-0.4, -0.2) is 28.8 Å². The van der Waals surface area contributed by atoms with Crippen molar-refractivity contribution in [3.63, 3.8) is 0 Å². The van der Waals surface area contributed by atoms with E-state index in [1.165, 1.54) is 18.3 Å². The number of halogens is 4. The Morgan fingerprint density at radius 2 is 2.04 bits per heavy atom. The normalized spacial score (nSPS) is 10.8. The van der Waals surface area contributed by atoms with Crippen LogP contribution in [-0.2, 0) is 4.79 Å². The number of hydrogen-bond donors (Lipinski definition) is 2. The lowest BCUT2D eigenvalue weighted by Crippen LogP contribution is -2.24. The van der Waals surface area contributed by atoms with Gasteiger partial charge in [0.1, 0.15) is 5.75 Å². The summed E-state index contributed by atoms with van der Waals surface area (Å²) in [5, 5.41) is 24.8. The zero-order valence-corrected chi connectivity index (χ0v) is 18.6. The second-order valence-electron chi connectivity index (χ2n) is 4.87. The summed E-state index contributed by atoms with van der Waals surface area (Å²) in [7, 11) is 0. The zero-order valence-electron chi connectivity index (χ0n) is 13.1. The van der Waals surface area contributed by atoms with E-state index >= 15 is 0 Å². The number of hydrazone groups is 1. The fourth-order valence-electron chi connectivity index (χ4n) is 1.81. The van der Waals surface area contributed by atoms with Gasteiger partial charge in [-0.05, 0) is 50.1 Å². The number of aromatic hydroxyl groups is 1. The van der Waals surface area contributed by atoms with Gasteiger partial charge in [0.15, 0.2) is 12.4 Å². The molecule has 1 amide bonds. The second-order valence-corrected chi connectivity index (χ2v) is 7.81. The first-order chi connectivity index (χ1) is 12.7. The van der Waals surface area contributed by atoms with Crippen molar-refractivity contribution in [3.8, 4) is 11.5 Å². The molecule has 0 spiro atoms. The van der Waals surface area contributed by atoms with Crippen molar-refractivity contribution >= 4 is 77.2 Å². The van der Waals surface area contributed by atoms with Gasteiger partial charge in [0, 0.05) is 21.1 Å². The van der Waals surface area contributed by atoms with Crippen molar-refractivity contribution in [2.75, 3.05) is 6.61 Å². The number of hydrogen-bond acceptors (Lipinski definition) is 6. The molecule has 0 bridgehead atoms. The van der Waals surface area contributed by atoms with Gasteiger partial charge in [-0.1, -0.05) is 27.5 Å². The quantitative estimate of drug-likeness (QED) is 0.288. The molecular formula is C15H9Br3ClN3O5. The molecule has 2 aromatic carbocycles. The third-order valence-corrected chi connectivity index (χ3v) is 5.34. The molecule has 8 nitrogen and oxygen atoms in total. The van der Waals surface area contributed by atoms with Gasteiger partial charge in [-0.25, -0.2) is 5.43 Å². The monoisotopic (exact) mass is 583 g/mol. The summed E-state index contributed by atoms with van der Waals surface area (Å²) in [5.74, 6) is -0.750. The number of benzene rings is 2. The lowest BCUT2D eigenvalue weighted by Gasteiger charge is -2.07. The average Bonchev–Trinajstić information content (AvgIpc) is 2.61. The maximum Gasteiger partial charge on any atom is 0.312 e. The molecule has 0 heterocycles. The number of phenolic OH excluding ortho intramolecular Hbond substituents is 1. The Bertz CT molecular complexity index is 939. The maximum absolute atomic E-state index is 11.8. The fraction of sp³-hybridized carbons (Fsp3) is 0.0667. The van der Waals surface area contributed by atoms with Crippen LogP contribution in [0.15, 0.2) is 42.8 Å². The predicted molar refractivity (Wildman–Crippen MR) is 111 cm³/mol. The van der Waals surface area contributed by atoms with Gasteiger partial charge in [0.25, 0.3) is 5.91 Å². The molecule has 0 fully saturated rings. The highest BCUT2D eigenvalue weighted by atomic mass is 79.9. The highest BCUT2D eigenvalue weighted by Gasteiger charge is 2.17. The molecule has 0 aromatic heterocycles. The molecule has 0 radical (unpaired) electrons. The van der Waals surface area contributed by atoms with Crippen molar-refractivity contribution < 1.29 is 19.6 Å². The van der Waals surface area contributed by atoms with Gasteiger partial charge in [-0.3, -0.25) is 14.9 Å². The fourth-order valence-corrected chi connectivity index (χ4v) is 4.30. The molecule has 0 saturated carbocycles.